The van der Waals surface area contributed by atoms with Gasteiger partial charge in [-0.3, -0.25) is 8.97 Å². The fraction of sp³-hybridized carbons (Fsp3) is 0.839. The van der Waals surface area contributed by atoms with E-state index in [1.54, 1.807) is 20.0 Å². The number of carboxylic acids is 2. The third-order valence-corrected chi connectivity index (χ3v) is 15.4. The summed E-state index contributed by atoms with van der Waals surface area (Å²) in [6, 6.07) is 0.320. The molecule has 0 aliphatic rings. The van der Waals surface area contributed by atoms with Gasteiger partial charge in [0, 0.05) is 19.3 Å². The molecule has 1 atom stereocenters. The van der Waals surface area contributed by atoms with Gasteiger partial charge in [-0.1, -0.05) is 232 Å². The Morgan fingerprint density at radius 1 is 0.479 bits per heavy atom. The van der Waals surface area contributed by atoms with Crippen LogP contribution >= 0.6 is 0 Å². The number of likely N-dealkylation sites (N-methyl/N-ethyl adjacent to an activating group) is 1. The molecule has 0 spiro atoms. The Balaban J connectivity index is 4.96. The van der Waals surface area contributed by atoms with Crippen LogP contribution in [0, 0.1) is 0 Å². The number of nitrogens with zero attached hydrogens (tertiary/aromatic N) is 2. The third-order valence-electron chi connectivity index (χ3n) is 15.4. The van der Waals surface area contributed by atoms with Crippen LogP contribution in [-0.2, 0) is 14.4 Å². The smallest absolute Gasteiger partial charge is 0.334 e. The van der Waals surface area contributed by atoms with E-state index >= 15 is 0 Å². The van der Waals surface area contributed by atoms with Crippen LogP contribution in [0.2, 0.25) is 0 Å². The zero-order chi connectivity index (χ0) is 52.9. The lowest BCUT2D eigenvalue weighted by Gasteiger charge is -2.39. The van der Waals surface area contributed by atoms with E-state index in [4.69, 9.17) is 0 Å². The van der Waals surface area contributed by atoms with Crippen molar-refractivity contribution in [2.75, 3.05) is 34.7 Å². The summed E-state index contributed by atoms with van der Waals surface area (Å²) in [4.78, 5) is 36.1. The quantitative estimate of drug-likeness (QED) is 0.0119. The molecule has 0 aliphatic heterocycles. The maximum absolute atomic E-state index is 12.1. The highest BCUT2D eigenvalue weighted by atomic mass is 16.5. The Bertz CT molecular complexity index is 1460. The minimum Gasteiger partial charge on any atom is -0.478 e. The van der Waals surface area contributed by atoms with Gasteiger partial charge in [0.2, 0.25) is 0 Å². The first-order chi connectivity index (χ1) is 34.1. The summed E-state index contributed by atoms with van der Waals surface area (Å²) in [6.07, 6.45) is 55.7. The molecular weight excluding hydrogens is 885 g/mol. The number of aliphatic carboxylic acids is 2. The van der Waals surface area contributed by atoms with Gasteiger partial charge < -0.3 is 20.4 Å². The maximum Gasteiger partial charge on any atom is 0.334 e. The summed E-state index contributed by atoms with van der Waals surface area (Å²) >= 11 is 0. The van der Waals surface area contributed by atoms with Crippen molar-refractivity contribution < 1.29 is 43.8 Å². The van der Waals surface area contributed by atoms with Gasteiger partial charge in [-0.05, 0) is 51.4 Å². The lowest BCUT2D eigenvalue weighted by atomic mass is 9.95. The van der Waals surface area contributed by atoms with Gasteiger partial charge in [-0.15, -0.1) is 0 Å². The van der Waals surface area contributed by atoms with Crippen molar-refractivity contribution in [1.29, 1.82) is 0 Å². The van der Waals surface area contributed by atoms with Crippen LogP contribution in [-0.4, -0.2) is 93.8 Å². The number of carbonyl (C=O) groups is 2. The van der Waals surface area contributed by atoms with E-state index in [1.807, 2.05) is 0 Å². The summed E-state index contributed by atoms with van der Waals surface area (Å²) < 4.78 is 0.572. The lowest BCUT2D eigenvalue weighted by molar-refractivity contribution is -0.880. The van der Waals surface area contributed by atoms with E-state index in [0.717, 1.165) is 108 Å². The highest BCUT2D eigenvalue weighted by molar-refractivity contribution is 5.81. The fourth-order valence-electron chi connectivity index (χ4n) is 10.5. The molecule has 0 aromatic carbocycles. The Hall–Kier alpha value is -2.55. The predicted molar refractivity (Wildman–Crippen MR) is 301 cm³/mol. The van der Waals surface area contributed by atoms with Gasteiger partial charge in [-0.2, -0.15) is 0 Å². The largest absolute Gasteiger partial charge is 0.478 e. The van der Waals surface area contributed by atoms with Gasteiger partial charge >= 0.3 is 11.9 Å². The minimum absolute atomic E-state index is 0.0524. The van der Waals surface area contributed by atoms with Crippen LogP contribution < -0.4 is 0 Å². The molecule has 9 heteroatoms. The van der Waals surface area contributed by atoms with Crippen LogP contribution in [0.5, 0.6) is 0 Å². The molecule has 1 unspecified atom stereocenters. The van der Waals surface area contributed by atoms with Crippen molar-refractivity contribution in [2.24, 2.45) is 0 Å². The standard InChI is InChI=1S/C62H114N2O7/c1-8-11-14-17-19-21-23-25-26-28-30-32-37-41-46-51-58(53-60(66)67)64(6,7)57(49-44-16-13-10-3)50-45-40-36-33-34-38-42-47-52-63(4,5)59(54-61(68)69)62(70,71)56(55-65)48-43-39-35-31-29-27-24-22-20-18-15-12-9-2/h40,45,53-54,57,70-71H,8-39,41-44,46-52H2,1-7H3/p+2/b45-40+,58-53+,59-54-. The number of allylic oxidation sites excluding steroid dienone is 2. The average Bonchev–Trinajstić information content (AvgIpc) is 3.32. The molecule has 0 amide bonds. The number of unbranched alkanes of at least 4 members (excludes halogenated alkanes) is 34. The van der Waals surface area contributed by atoms with Crippen LogP contribution in [0.4, 0.5) is 0 Å². The number of hydrogen-bond acceptors (Lipinski definition) is 5. The Morgan fingerprint density at radius 3 is 1.25 bits per heavy atom. The van der Waals surface area contributed by atoms with Gasteiger partial charge in [0.05, 0.1) is 58.5 Å². The van der Waals surface area contributed by atoms with Gasteiger partial charge in [0.1, 0.15) is 11.6 Å². The lowest BCUT2D eigenvalue weighted by Crippen LogP contribution is -2.51. The molecule has 0 rings (SSSR count). The van der Waals surface area contributed by atoms with Crippen LogP contribution in [0.3, 0.4) is 0 Å². The fourth-order valence-corrected chi connectivity index (χ4v) is 10.5. The van der Waals surface area contributed by atoms with Crippen molar-refractivity contribution in [2.45, 2.75) is 302 Å². The van der Waals surface area contributed by atoms with Gasteiger partial charge in [0.15, 0.2) is 5.70 Å². The second-order valence-electron chi connectivity index (χ2n) is 22.5. The first kappa shape index (κ1) is 68.5. The Kier molecular flexibility index (Phi) is 43.3. The number of hydrogen-bond donors (Lipinski definition) is 4. The number of aliphatic hydroxyl groups is 2. The van der Waals surface area contributed by atoms with Crippen molar-refractivity contribution in [3.05, 3.63) is 41.3 Å². The number of carbonyl (C=O) groups excluding carboxylic acids is 1. The van der Waals surface area contributed by atoms with Crippen LogP contribution in [0.1, 0.15) is 290 Å². The molecule has 0 heterocycles. The molecule has 0 saturated heterocycles. The molecule has 4 N–H and O–H groups in total. The molecule has 0 bridgehead atoms. The zero-order valence-electron chi connectivity index (χ0n) is 47.7. The summed E-state index contributed by atoms with van der Waals surface area (Å²) in [6.45, 7) is 7.26. The highest BCUT2D eigenvalue weighted by Crippen LogP contribution is 2.32. The second-order valence-corrected chi connectivity index (χ2v) is 22.5. The highest BCUT2D eigenvalue weighted by Gasteiger charge is 2.45. The number of quaternary nitrogens is 2. The average molecular weight is 1000 g/mol. The molecule has 0 aliphatic carbocycles. The molecule has 0 aromatic rings. The molecule has 414 valence electrons. The molecule has 0 radical (unpaired) electrons. The summed E-state index contributed by atoms with van der Waals surface area (Å²) in [7, 11) is 7.98. The predicted octanol–water partition coefficient (Wildman–Crippen LogP) is 16.9. The summed E-state index contributed by atoms with van der Waals surface area (Å²) in [5.41, 5.74) is 0.706. The van der Waals surface area contributed by atoms with E-state index in [-0.39, 0.29) is 22.2 Å². The van der Waals surface area contributed by atoms with Crippen molar-refractivity contribution in [3.63, 3.8) is 0 Å². The topological polar surface area (TPSA) is 132 Å². The van der Waals surface area contributed by atoms with Gasteiger partial charge in [-0.25, -0.2) is 14.4 Å². The van der Waals surface area contributed by atoms with E-state index in [1.165, 1.54) is 167 Å². The van der Waals surface area contributed by atoms with Crippen molar-refractivity contribution >= 4 is 17.9 Å². The van der Waals surface area contributed by atoms with Crippen LogP contribution in [0.25, 0.3) is 0 Å². The first-order valence-corrected chi connectivity index (χ1v) is 30.0. The maximum atomic E-state index is 12.1. The van der Waals surface area contributed by atoms with E-state index in [9.17, 15) is 34.8 Å². The number of carboxylic acid groups (broad SMARTS) is 2. The van der Waals surface area contributed by atoms with Crippen molar-refractivity contribution in [3.8, 4) is 0 Å². The van der Waals surface area contributed by atoms with E-state index in [0.29, 0.717) is 23.5 Å². The van der Waals surface area contributed by atoms with Gasteiger partial charge in [0.25, 0.3) is 5.79 Å². The Morgan fingerprint density at radius 2 is 0.845 bits per heavy atom. The molecule has 0 fully saturated rings. The molecular formula is C62H116N2O7+2. The monoisotopic (exact) mass is 1000 g/mol. The zero-order valence-corrected chi connectivity index (χ0v) is 47.7. The molecule has 0 saturated carbocycles. The van der Waals surface area contributed by atoms with E-state index < -0.39 is 17.7 Å². The second kappa shape index (κ2) is 44.9. The Labute approximate surface area is 438 Å². The number of rotatable bonds is 52. The van der Waals surface area contributed by atoms with Crippen LogP contribution in [0.15, 0.2) is 41.3 Å². The normalized spacial score (nSPS) is 13.3. The van der Waals surface area contributed by atoms with E-state index in [2.05, 4.69) is 47.0 Å². The third kappa shape index (κ3) is 36.1. The van der Waals surface area contributed by atoms with Crippen molar-refractivity contribution in [1.82, 2.24) is 0 Å². The first-order valence-electron chi connectivity index (χ1n) is 30.0. The summed E-state index contributed by atoms with van der Waals surface area (Å²) in [5, 5.41) is 42.4. The molecule has 0 aromatic heterocycles. The molecule has 9 nitrogen and oxygen atoms in total. The summed E-state index contributed by atoms with van der Waals surface area (Å²) in [5.74, 6) is -3.04. The molecule has 71 heavy (non-hydrogen) atoms. The minimum atomic E-state index is -2.69. The SMILES string of the molecule is CCCCCCCCCCCCCCCCC/C(=C\C(=O)O)[N+](C)(C)C(C/C=C/CCCCCCC[N+](C)(C)/C(=C\C(=O)O)C(O)(O)C(=C=O)CCCCCCCCCCCCCCC)CCCCCC.